The molecule has 2 atom stereocenters. The average Bonchev–Trinajstić information content (AvgIpc) is 3.34. The predicted octanol–water partition coefficient (Wildman–Crippen LogP) is 3.41. The summed E-state index contributed by atoms with van der Waals surface area (Å²) in [7, 11) is 0. The topological polar surface area (TPSA) is 49.4 Å². The van der Waals surface area contributed by atoms with Crippen molar-refractivity contribution in [3.8, 4) is 0 Å². The van der Waals surface area contributed by atoms with Crippen molar-refractivity contribution in [1.82, 2.24) is 0 Å². The quantitative estimate of drug-likeness (QED) is 0.931. The molecule has 0 spiro atoms. The Morgan fingerprint density at radius 3 is 2.68 bits per heavy atom. The second kappa shape index (κ2) is 6.36. The van der Waals surface area contributed by atoms with Gasteiger partial charge in [-0.05, 0) is 42.5 Å². The number of aryl methyl sites for hydroxylation is 1. The summed E-state index contributed by atoms with van der Waals surface area (Å²) in [5, 5.41) is 3.01. The molecule has 2 amide bonds. The molecule has 2 unspecified atom stereocenters. The van der Waals surface area contributed by atoms with Gasteiger partial charge < -0.3 is 10.2 Å². The number of para-hydroxylation sites is 2. The minimum absolute atomic E-state index is 0.0354. The summed E-state index contributed by atoms with van der Waals surface area (Å²) in [6, 6.07) is 15.9. The van der Waals surface area contributed by atoms with E-state index in [4.69, 9.17) is 0 Å². The largest absolute Gasteiger partial charge is 0.326 e. The van der Waals surface area contributed by atoms with Gasteiger partial charge in [0, 0.05) is 17.9 Å². The molecule has 0 radical (unpaired) electrons. The van der Waals surface area contributed by atoms with E-state index >= 15 is 0 Å². The SMILES string of the molecule is CCc1ccccc1NC(=O)C1CC1C(=O)N1CCc2ccccc21. The summed E-state index contributed by atoms with van der Waals surface area (Å²) in [5.74, 6) is -0.328. The molecule has 2 aliphatic rings. The second-order valence-corrected chi connectivity index (χ2v) is 6.82. The van der Waals surface area contributed by atoms with E-state index in [2.05, 4.69) is 18.3 Å². The maximum absolute atomic E-state index is 12.8. The first kappa shape index (κ1) is 15.9. The molecular formula is C21H22N2O2. The fourth-order valence-corrected chi connectivity index (χ4v) is 3.70. The minimum atomic E-state index is -0.204. The van der Waals surface area contributed by atoms with E-state index in [-0.39, 0.29) is 23.7 Å². The Balaban J connectivity index is 1.42. The number of rotatable bonds is 4. The van der Waals surface area contributed by atoms with Crippen LogP contribution in [-0.4, -0.2) is 18.4 Å². The van der Waals surface area contributed by atoms with Crippen LogP contribution < -0.4 is 10.2 Å². The highest BCUT2D eigenvalue weighted by molar-refractivity contribution is 6.05. The molecule has 4 heteroatoms. The lowest BCUT2D eigenvalue weighted by atomic mass is 10.1. The summed E-state index contributed by atoms with van der Waals surface area (Å²) in [5.41, 5.74) is 4.21. The van der Waals surface area contributed by atoms with Gasteiger partial charge in [-0.1, -0.05) is 43.3 Å². The highest BCUT2D eigenvalue weighted by Gasteiger charge is 2.50. The Kier molecular flexibility index (Phi) is 4.04. The fraction of sp³-hybridized carbons (Fsp3) is 0.333. The Morgan fingerprint density at radius 1 is 1.08 bits per heavy atom. The zero-order chi connectivity index (χ0) is 17.4. The van der Waals surface area contributed by atoms with Crippen LogP contribution in [0.3, 0.4) is 0 Å². The van der Waals surface area contributed by atoms with Crippen LogP contribution in [0.15, 0.2) is 48.5 Å². The van der Waals surface area contributed by atoms with Crippen LogP contribution in [0.4, 0.5) is 11.4 Å². The number of benzene rings is 2. The van der Waals surface area contributed by atoms with Crippen molar-refractivity contribution in [3.63, 3.8) is 0 Å². The summed E-state index contributed by atoms with van der Waals surface area (Å²) >= 11 is 0. The van der Waals surface area contributed by atoms with E-state index in [9.17, 15) is 9.59 Å². The standard InChI is InChI=1S/C21H22N2O2/c1-2-14-7-3-5-9-18(14)22-20(24)16-13-17(16)21(25)23-12-11-15-8-4-6-10-19(15)23/h3-10,16-17H,2,11-13H2,1H3,(H,22,24). The molecule has 1 N–H and O–H groups in total. The smallest absolute Gasteiger partial charge is 0.230 e. The van der Waals surface area contributed by atoms with Gasteiger partial charge in [-0.2, -0.15) is 0 Å². The van der Waals surface area contributed by atoms with Crippen LogP contribution in [0, 0.1) is 11.8 Å². The van der Waals surface area contributed by atoms with Gasteiger partial charge >= 0.3 is 0 Å². The van der Waals surface area contributed by atoms with Crippen molar-refractivity contribution in [2.45, 2.75) is 26.2 Å². The molecule has 4 nitrogen and oxygen atoms in total. The number of fused-ring (bicyclic) bond motifs is 1. The number of anilines is 2. The number of hydrogen-bond acceptors (Lipinski definition) is 2. The Labute approximate surface area is 147 Å². The molecule has 1 saturated carbocycles. The molecule has 1 fully saturated rings. The van der Waals surface area contributed by atoms with Crippen molar-refractivity contribution in [1.29, 1.82) is 0 Å². The van der Waals surface area contributed by atoms with Gasteiger partial charge in [-0.25, -0.2) is 0 Å². The van der Waals surface area contributed by atoms with Gasteiger partial charge in [0.2, 0.25) is 11.8 Å². The lowest BCUT2D eigenvalue weighted by Crippen LogP contribution is -2.32. The van der Waals surface area contributed by atoms with E-state index < -0.39 is 0 Å². The Bertz CT molecular complexity index is 830. The van der Waals surface area contributed by atoms with Crippen molar-refractivity contribution < 1.29 is 9.59 Å². The first-order valence-corrected chi connectivity index (χ1v) is 8.97. The second-order valence-electron chi connectivity index (χ2n) is 6.82. The first-order chi connectivity index (χ1) is 12.2. The molecule has 2 aromatic rings. The number of carbonyl (C=O) groups excluding carboxylic acids is 2. The van der Waals surface area contributed by atoms with Gasteiger partial charge in [-0.3, -0.25) is 9.59 Å². The van der Waals surface area contributed by atoms with Crippen molar-refractivity contribution in [2.75, 3.05) is 16.8 Å². The van der Waals surface area contributed by atoms with Crippen LogP contribution in [0.1, 0.15) is 24.5 Å². The highest BCUT2D eigenvalue weighted by atomic mass is 16.2. The number of nitrogens with zero attached hydrogens (tertiary/aromatic N) is 1. The molecule has 1 heterocycles. The number of nitrogens with one attached hydrogen (secondary N) is 1. The monoisotopic (exact) mass is 334 g/mol. The molecule has 25 heavy (non-hydrogen) atoms. The van der Waals surface area contributed by atoms with Crippen LogP contribution in [0.25, 0.3) is 0 Å². The van der Waals surface area contributed by atoms with E-state index in [1.54, 1.807) is 0 Å². The van der Waals surface area contributed by atoms with Crippen LogP contribution >= 0.6 is 0 Å². The van der Waals surface area contributed by atoms with Crippen LogP contribution in [-0.2, 0) is 22.4 Å². The number of carbonyl (C=O) groups is 2. The van der Waals surface area contributed by atoms with Gasteiger partial charge in [0.05, 0.1) is 11.8 Å². The van der Waals surface area contributed by atoms with Gasteiger partial charge in [0.1, 0.15) is 0 Å². The van der Waals surface area contributed by atoms with Crippen molar-refractivity contribution in [2.24, 2.45) is 11.8 Å². The normalized spacial score (nSPS) is 20.9. The third-order valence-electron chi connectivity index (χ3n) is 5.25. The van der Waals surface area contributed by atoms with E-state index in [0.29, 0.717) is 6.42 Å². The minimum Gasteiger partial charge on any atom is -0.326 e. The molecule has 0 saturated heterocycles. The first-order valence-electron chi connectivity index (χ1n) is 8.97. The van der Waals surface area contributed by atoms with E-state index in [1.165, 1.54) is 5.56 Å². The molecule has 4 rings (SSSR count). The molecule has 0 bridgehead atoms. The Morgan fingerprint density at radius 2 is 1.84 bits per heavy atom. The third kappa shape index (κ3) is 2.93. The molecule has 2 aromatic carbocycles. The molecule has 1 aliphatic heterocycles. The predicted molar refractivity (Wildman–Crippen MR) is 98.5 cm³/mol. The highest BCUT2D eigenvalue weighted by Crippen LogP contribution is 2.43. The van der Waals surface area contributed by atoms with Crippen LogP contribution in [0.5, 0.6) is 0 Å². The van der Waals surface area contributed by atoms with E-state index in [1.807, 2.05) is 47.4 Å². The lowest BCUT2D eigenvalue weighted by molar-refractivity contribution is -0.123. The van der Waals surface area contributed by atoms with Crippen molar-refractivity contribution >= 4 is 23.2 Å². The third-order valence-corrected chi connectivity index (χ3v) is 5.25. The molecule has 128 valence electrons. The zero-order valence-corrected chi connectivity index (χ0v) is 14.4. The maximum atomic E-state index is 12.8. The number of hydrogen-bond donors (Lipinski definition) is 1. The average molecular weight is 334 g/mol. The van der Waals surface area contributed by atoms with E-state index in [0.717, 1.165) is 36.3 Å². The Hall–Kier alpha value is -2.62. The molecular weight excluding hydrogens is 312 g/mol. The summed E-state index contributed by atoms with van der Waals surface area (Å²) in [6.45, 7) is 2.79. The number of amides is 2. The summed E-state index contributed by atoms with van der Waals surface area (Å²) < 4.78 is 0. The summed E-state index contributed by atoms with van der Waals surface area (Å²) in [6.07, 6.45) is 2.42. The lowest BCUT2D eigenvalue weighted by Gasteiger charge is -2.17. The summed E-state index contributed by atoms with van der Waals surface area (Å²) in [4.78, 5) is 27.2. The molecule has 1 aliphatic carbocycles. The molecule has 0 aromatic heterocycles. The van der Waals surface area contributed by atoms with Gasteiger partial charge in [0.25, 0.3) is 0 Å². The zero-order valence-electron chi connectivity index (χ0n) is 14.4. The van der Waals surface area contributed by atoms with Gasteiger partial charge in [-0.15, -0.1) is 0 Å². The van der Waals surface area contributed by atoms with Crippen molar-refractivity contribution in [3.05, 3.63) is 59.7 Å². The van der Waals surface area contributed by atoms with Crippen LogP contribution in [0.2, 0.25) is 0 Å². The maximum Gasteiger partial charge on any atom is 0.230 e. The fourth-order valence-electron chi connectivity index (χ4n) is 3.70. The van der Waals surface area contributed by atoms with Gasteiger partial charge in [0.15, 0.2) is 0 Å².